The van der Waals surface area contributed by atoms with Crippen molar-refractivity contribution in [3.63, 3.8) is 0 Å². The van der Waals surface area contributed by atoms with E-state index in [0.717, 1.165) is 5.57 Å². The third-order valence-electron chi connectivity index (χ3n) is 1.94. The van der Waals surface area contributed by atoms with Crippen molar-refractivity contribution in [2.75, 3.05) is 0 Å². The Bertz CT molecular complexity index is 371. The van der Waals surface area contributed by atoms with Crippen LogP contribution in [0.2, 0.25) is 0 Å². The first kappa shape index (κ1) is 12.6. The molecule has 4 heteroatoms. The van der Waals surface area contributed by atoms with E-state index in [9.17, 15) is 13.9 Å². The van der Waals surface area contributed by atoms with Gasteiger partial charge in [-0.25, -0.2) is 0 Å². The van der Waals surface area contributed by atoms with Crippen LogP contribution in [0, 0.1) is 0 Å². The molecule has 0 aliphatic rings. The maximum atomic E-state index is 12.1. The second-order valence-corrected chi connectivity index (χ2v) is 3.61. The highest BCUT2D eigenvalue weighted by Crippen LogP contribution is 2.27. The van der Waals surface area contributed by atoms with Crippen molar-refractivity contribution in [2.24, 2.45) is 0 Å². The van der Waals surface area contributed by atoms with E-state index >= 15 is 0 Å². The van der Waals surface area contributed by atoms with E-state index in [0.29, 0.717) is 5.56 Å². The third kappa shape index (κ3) is 3.62. The van der Waals surface area contributed by atoms with Crippen LogP contribution < -0.4 is 4.74 Å². The SMILES string of the molecule is CC(C)=CC(O)c1ccccc1OC(F)F. The Labute approximate surface area is 93.2 Å². The number of rotatable bonds is 4. The van der Waals surface area contributed by atoms with Crippen LogP contribution in [0.3, 0.4) is 0 Å². The van der Waals surface area contributed by atoms with E-state index in [1.54, 1.807) is 24.3 Å². The summed E-state index contributed by atoms with van der Waals surface area (Å²) >= 11 is 0. The molecule has 0 saturated heterocycles. The van der Waals surface area contributed by atoms with E-state index in [1.807, 2.05) is 13.8 Å². The quantitative estimate of drug-likeness (QED) is 0.801. The molecule has 0 saturated carbocycles. The number of allylic oxidation sites excluding steroid dienone is 1. The molecule has 88 valence electrons. The Kier molecular flexibility index (Phi) is 4.43. The molecule has 0 fully saturated rings. The second-order valence-electron chi connectivity index (χ2n) is 3.61. The van der Waals surface area contributed by atoms with Gasteiger partial charge in [-0.05, 0) is 19.9 Å². The summed E-state index contributed by atoms with van der Waals surface area (Å²) in [5, 5.41) is 9.78. The monoisotopic (exact) mass is 228 g/mol. The molecular formula is C12H14F2O2. The summed E-state index contributed by atoms with van der Waals surface area (Å²) in [5.41, 5.74) is 1.24. The highest BCUT2D eigenvalue weighted by Gasteiger charge is 2.13. The van der Waals surface area contributed by atoms with Gasteiger partial charge in [0.05, 0.1) is 0 Å². The zero-order valence-electron chi connectivity index (χ0n) is 9.15. The van der Waals surface area contributed by atoms with Crippen molar-refractivity contribution < 1.29 is 18.6 Å². The van der Waals surface area contributed by atoms with Gasteiger partial charge in [0.25, 0.3) is 0 Å². The van der Waals surface area contributed by atoms with Crippen LogP contribution in [-0.2, 0) is 0 Å². The van der Waals surface area contributed by atoms with Gasteiger partial charge in [-0.15, -0.1) is 0 Å². The molecule has 16 heavy (non-hydrogen) atoms. The minimum Gasteiger partial charge on any atom is -0.434 e. The molecule has 2 nitrogen and oxygen atoms in total. The average molecular weight is 228 g/mol. The van der Waals surface area contributed by atoms with Gasteiger partial charge >= 0.3 is 6.61 Å². The molecule has 0 bridgehead atoms. The first-order chi connectivity index (χ1) is 7.50. The lowest BCUT2D eigenvalue weighted by Crippen LogP contribution is -2.06. The zero-order valence-corrected chi connectivity index (χ0v) is 9.15. The molecule has 1 N–H and O–H groups in total. The molecule has 0 heterocycles. The molecule has 0 aliphatic carbocycles. The van der Waals surface area contributed by atoms with E-state index in [1.165, 1.54) is 6.07 Å². The Morgan fingerprint density at radius 2 is 1.94 bits per heavy atom. The maximum Gasteiger partial charge on any atom is 0.387 e. The Morgan fingerprint density at radius 3 is 2.50 bits per heavy atom. The number of hydrogen-bond donors (Lipinski definition) is 1. The zero-order chi connectivity index (χ0) is 12.1. The Hall–Kier alpha value is -1.42. The van der Waals surface area contributed by atoms with Gasteiger partial charge in [-0.3, -0.25) is 0 Å². The largest absolute Gasteiger partial charge is 0.434 e. The lowest BCUT2D eigenvalue weighted by Gasteiger charge is -2.13. The smallest absolute Gasteiger partial charge is 0.387 e. The molecule has 0 radical (unpaired) electrons. The van der Waals surface area contributed by atoms with Crippen LogP contribution in [0.4, 0.5) is 8.78 Å². The highest BCUT2D eigenvalue weighted by atomic mass is 19.3. The number of ether oxygens (including phenoxy) is 1. The van der Waals surface area contributed by atoms with Crippen LogP contribution in [-0.4, -0.2) is 11.7 Å². The minimum atomic E-state index is -2.89. The van der Waals surface area contributed by atoms with E-state index in [2.05, 4.69) is 4.74 Å². The van der Waals surface area contributed by atoms with Crippen molar-refractivity contribution in [2.45, 2.75) is 26.6 Å². The molecule has 0 spiro atoms. The van der Waals surface area contributed by atoms with Gasteiger partial charge in [0.2, 0.25) is 0 Å². The summed E-state index contributed by atoms with van der Waals surface area (Å²) in [6.07, 6.45) is 0.646. The van der Waals surface area contributed by atoms with Crippen molar-refractivity contribution in [1.82, 2.24) is 0 Å². The molecule has 1 unspecified atom stereocenters. The summed E-state index contributed by atoms with van der Waals surface area (Å²) in [7, 11) is 0. The maximum absolute atomic E-state index is 12.1. The van der Waals surface area contributed by atoms with Crippen LogP contribution in [0.5, 0.6) is 5.75 Å². The van der Waals surface area contributed by atoms with Crippen LogP contribution in [0.1, 0.15) is 25.5 Å². The first-order valence-electron chi connectivity index (χ1n) is 4.87. The number of aliphatic hydroxyl groups is 1. The lowest BCUT2D eigenvalue weighted by atomic mass is 10.1. The number of alkyl halides is 2. The average Bonchev–Trinajstić information content (AvgIpc) is 2.16. The predicted octanol–water partition coefficient (Wildman–Crippen LogP) is 3.29. The fourth-order valence-electron chi connectivity index (χ4n) is 1.33. The molecule has 1 atom stereocenters. The lowest BCUT2D eigenvalue weighted by molar-refractivity contribution is -0.0512. The fourth-order valence-corrected chi connectivity index (χ4v) is 1.33. The van der Waals surface area contributed by atoms with Crippen molar-refractivity contribution in [3.05, 3.63) is 41.5 Å². The number of hydrogen-bond acceptors (Lipinski definition) is 2. The van der Waals surface area contributed by atoms with Gasteiger partial charge in [-0.2, -0.15) is 8.78 Å². The molecule has 1 aromatic rings. The Morgan fingerprint density at radius 1 is 1.31 bits per heavy atom. The third-order valence-corrected chi connectivity index (χ3v) is 1.94. The van der Waals surface area contributed by atoms with Crippen LogP contribution in [0.25, 0.3) is 0 Å². The molecule has 0 aromatic heterocycles. The number of halogens is 2. The van der Waals surface area contributed by atoms with E-state index in [4.69, 9.17) is 0 Å². The first-order valence-corrected chi connectivity index (χ1v) is 4.87. The topological polar surface area (TPSA) is 29.5 Å². The summed E-state index contributed by atoms with van der Waals surface area (Å²) in [5.74, 6) is 0.00231. The normalized spacial score (nSPS) is 12.4. The minimum absolute atomic E-state index is 0.00231. The molecule has 0 amide bonds. The van der Waals surface area contributed by atoms with Gasteiger partial charge < -0.3 is 9.84 Å². The highest BCUT2D eigenvalue weighted by molar-refractivity contribution is 5.37. The molecular weight excluding hydrogens is 214 g/mol. The van der Waals surface area contributed by atoms with Gasteiger partial charge in [0, 0.05) is 5.56 Å². The number of benzene rings is 1. The Balaban J connectivity index is 2.98. The fraction of sp³-hybridized carbons (Fsp3) is 0.333. The molecule has 1 rings (SSSR count). The van der Waals surface area contributed by atoms with Crippen molar-refractivity contribution in [1.29, 1.82) is 0 Å². The van der Waals surface area contributed by atoms with Crippen molar-refractivity contribution >= 4 is 0 Å². The predicted molar refractivity (Wildman–Crippen MR) is 57.5 cm³/mol. The van der Waals surface area contributed by atoms with Crippen LogP contribution >= 0.6 is 0 Å². The van der Waals surface area contributed by atoms with E-state index < -0.39 is 12.7 Å². The van der Waals surface area contributed by atoms with Crippen molar-refractivity contribution in [3.8, 4) is 5.75 Å². The van der Waals surface area contributed by atoms with Gasteiger partial charge in [0.15, 0.2) is 0 Å². The molecule has 0 aliphatic heterocycles. The second kappa shape index (κ2) is 5.61. The van der Waals surface area contributed by atoms with Gasteiger partial charge in [-0.1, -0.05) is 29.8 Å². The summed E-state index contributed by atoms with van der Waals surface area (Å²) < 4.78 is 28.5. The standard InChI is InChI=1S/C12H14F2O2/c1-8(2)7-10(15)9-5-3-4-6-11(9)16-12(13)14/h3-7,10,12,15H,1-2H3. The van der Waals surface area contributed by atoms with E-state index in [-0.39, 0.29) is 5.75 Å². The molecule has 1 aromatic carbocycles. The summed E-state index contributed by atoms with van der Waals surface area (Å²) in [4.78, 5) is 0. The van der Waals surface area contributed by atoms with Gasteiger partial charge in [0.1, 0.15) is 11.9 Å². The summed E-state index contributed by atoms with van der Waals surface area (Å²) in [6.45, 7) is 0.750. The number of para-hydroxylation sites is 1. The summed E-state index contributed by atoms with van der Waals surface area (Å²) in [6, 6.07) is 6.21. The van der Waals surface area contributed by atoms with Crippen LogP contribution in [0.15, 0.2) is 35.9 Å². The number of aliphatic hydroxyl groups excluding tert-OH is 1.